The van der Waals surface area contributed by atoms with Gasteiger partial charge in [0.25, 0.3) is 0 Å². The molecule has 0 radical (unpaired) electrons. The number of carbonyl (C=O) groups excluding carboxylic acids is 1. The average Bonchev–Trinajstić information content (AvgIpc) is 2.40. The molecule has 108 valence electrons. The molecule has 0 aliphatic heterocycles. The van der Waals surface area contributed by atoms with Gasteiger partial charge in [-0.3, -0.25) is 4.79 Å². The first kappa shape index (κ1) is 16.0. The minimum absolute atomic E-state index is 0. The SMILES string of the molecule is [Au+].[NH-]N(C(=O)NC1CCCCC1)C1CCCCC1. The van der Waals surface area contributed by atoms with Crippen molar-refractivity contribution in [2.24, 2.45) is 0 Å². The van der Waals surface area contributed by atoms with Crippen LogP contribution in [0, 0.1) is 0 Å². The Balaban J connectivity index is 0.00000162. The van der Waals surface area contributed by atoms with Crippen LogP contribution in [0.4, 0.5) is 4.79 Å². The van der Waals surface area contributed by atoms with Crippen molar-refractivity contribution in [1.82, 2.24) is 10.3 Å². The zero-order valence-corrected chi connectivity index (χ0v) is 13.0. The zero-order valence-electron chi connectivity index (χ0n) is 10.9. The Hall–Kier alpha value is -0.0297. The number of nitrogens with one attached hydrogen (secondary N) is 2. The molecule has 0 aromatic carbocycles. The molecule has 2 rings (SSSR count). The molecular weight excluding hydrogens is 411 g/mol. The second-order valence-corrected chi connectivity index (χ2v) is 5.45. The summed E-state index contributed by atoms with van der Waals surface area (Å²) in [6, 6.07) is 0.281. The predicted octanol–water partition coefficient (Wildman–Crippen LogP) is 3.63. The molecule has 0 unspecified atom stereocenters. The van der Waals surface area contributed by atoms with Crippen molar-refractivity contribution in [1.29, 1.82) is 0 Å². The van der Waals surface area contributed by atoms with E-state index in [1.165, 1.54) is 30.7 Å². The largest absolute Gasteiger partial charge is 1.00 e. The molecule has 0 aromatic heterocycles. The van der Waals surface area contributed by atoms with Gasteiger partial charge in [-0.2, -0.15) is 0 Å². The smallest absolute Gasteiger partial charge is 0.579 e. The maximum atomic E-state index is 11.9. The maximum Gasteiger partial charge on any atom is 1.00 e. The average molecular weight is 435 g/mol. The van der Waals surface area contributed by atoms with E-state index in [1.54, 1.807) is 0 Å². The summed E-state index contributed by atoms with van der Waals surface area (Å²) in [7, 11) is 0. The minimum Gasteiger partial charge on any atom is -0.579 e. The standard InChI is InChI=1S/C13H24N3O.Au/c14-16(12-9-5-2-6-10-12)13(17)15-11-7-3-1-4-8-11;/h11-12,14H,1-10H2,(H,15,17);/q-1;+1. The monoisotopic (exact) mass is 435 g/mol. The Bertz CT molecular complexity index is 251. The number of carbonyl (C=O) groups is 1. The van der Waals surface area contributed by atoms with Crippen LogP contribution in [-0.2, 0) is 22.4 Å². The fraction of sp³-hybridized carbons (Fsp3) is 0.923. The van der Waals surface area contributed by atoms with Crippen LogP contribution < -0.4 is 5.32 Å². The van der Waals surface area contributed by atoms with E-state index >= 15 is 0 Å². The van der Waals surface area contributed by atoms with Gasteiger partial charge in [0.05, 0.1) is 0 Å². The number of hydrogen-bond donors (Lipinski definition) is 1. The number of urea groups is 1. The topological polar surface area (TPSA) is 56.1 Å². The number of rotatable bonds is 2. The van der Waals surface area contributed by atoms with Crippen molar-refractivity contribution < 1.29 is 27.2 Å². The Labute approximate surface area is 126 Å². The molecule has 18 heavy (non-hydrogen) atoms. The van der Waals surface area contributed by atoms with Crippen molar-refractivity contribution in [3.63, 3.8) is 0 Å². The molecule has 2 saturated carbocycles. The van der Waals surface area contributed by atoms with Gasteiger partial charge in [-0.25, -0.2) is 0 Å². The number of hydrogen-bond acceptors (Lipinski definition) is 1. The van der Waals surface area contributed by atoms with E-state index in [2.05, 4.69) is 5.32 Å². The van der Waals surface area contributed by atoms with Crippen LogP contribution in [0.3, 0.4) is 0 Å². The minimum atomic E-state index is -0.177. The molecule has 0 saturated heterocycles. The molecule has 0 aromatic rings. The molecule has 2 aliphatic carbocycles. The normalized spacial score (nSPS) is 22.1. The van der Waals surface area contributed by atoms with Crippen molar-refractivity contribution in [3.05, 3.63) is 5.84 Å². The molecule has 0 heterocycles. The maximum absolute atomic E-state index is 11.9. The molecule has 2 aliphatic rings. The van der Waals surface area contributed by atoms with E-state index in [-0.39, 0.29) is 34.5 Å². The molecule has 5 heteroatoms. The first-order valence-electron chi connectivity index (χ1n) is 7.08. The first-order chi connectivity index (χ1) is 8.27. The number of nitrogens with zero attached hydrogens (tertiary/aromatic N) is 1. The fourth-order valence-electron chi connectivity index (χ4n) is 3.00. The van der Waals surface area contributed by atoms with E-state index in [9.17, 15) is 4.79 Å². The summed E-state index contributed by atoms with van der Waals surface area (Å²) in [6.07, 6.45) is 11.5. The van der Waals surface area contributed by atoms with Gasteiger partial charge in [-0.1, -0.05) is 38.5 Å². The Morgan fingerprint density at radius 2 is 1.44 bits per heavy atom. The van der Waals surface area contributed by atoms with E-state index in [1.807, 2.05) is 0 Å². The summed E-state index contributed by atoms with van der Waals surface area (Å²) in [6.45, 7) is 0. The van der Waals surface area contributed by atoms with Crippen LogP contribution in [0.15, 0.2) is 0 Å². The quantitative estimate of drug-likeness (QED) is 0.523. The molecule has 0 bridgehead atoms. The van der Waals surface area contributed by atoms with Gasteiger partial charge >= 0.3 is 28.4 Å². The van der Waals surface area contributed by atoms with Gasteiger partial charge in [0.1, 0.15) is 0 Å². The summed E-state index contributed by atoms with van der Waals surface area (Å²) in [5, 5.41) is 4.22. The summed E-state index contributed by atoms with van der Waals surface area (Å²) in [4.78, 5) is 11.9. The third-order valence-corrected chi connectivity index (χ3v) is 4.09. The Morgan fingerprint density at radius 3 is 2.00 bits per heavy atom. The van der Waals surface area contributed by atoms with Crippen molar-refractivity contribution in [3.8, 4) is 0 Å². The zero-order chi connectivity index (χ0) is 12.1. The van der Waals surface area contributed by atoms with Crippen LogP contribution in [0.1, 0.15) is 64.2 Å². The molecule has 2 N–H and O–H groups in total. The van der Waals surface area contributed by atoms with Gasteiger partial charge < -0.3 is 16.2 Å². The van der Waals surface area contributed by atoms with E-state index in [4.69, 9.17) is 5.84 Å². The van der Waals surface area contributed by atoms with Crippen LogP contribution in [-0.4, -0.2) is 23.1 Å². The second-order valence-electron chi connectivity index (χ2n) is 5.45. The van der Waals surface area contributed by atoms with E-state index < -0.39 is 0 Å². The molecule has 0 spiro atoms. The summed E-state index contributed by atoms with van der Waals surface area (Å²) in [5.41, 5.74) is 0. The second kappa shape index (κ2) is 8.20. The Kier molecular flexibility index (Phi) is 7.30. The third-order valence-electron chi connectivity index (χ3n) is 4.09. The van der Waals surface area contributed by atoms with E-state index in [0.717, 1.165) is 38.5 Å². The fourth-order valence-corrected chi connectivity index (χ4v) is 3.00. The first-order valence-corrected chi connectivity index (χ1v) is 7.08. The van der Waals surface area contributed by atoms with Gasteiger partial charge in [-0.05, 0) is 25.7 Å². The van der Waals surface area contributed by atoms with Crippen LogP contribution in [0.2, 0.25) is 0 Å². The molecule has 2 amide bonds. The van der Waals surface area contributed by atoms with Crippen LogP contribution >= 0.6 is 0 Å². The molecular formula is C13H24AuN3O. The Morgan fingerprint density at radius 1 is 0.944 bits per heavy atom. The van der Waals surface area contributed by atoms with Crippen LogP contribution in [0.5, 0.6) is 0 Å². The predicted molar refractivity (Wildman–Crippen MR) is 68.4 cm³/mol. The summed E-state index contributed by atoms with van der Waals surface area (Å²) >= 11 is 0. The van der Waals surface area contributed by atoms with Gasteiger partial charge in [0.2, 0.25) is 0 Å². The van der Waals surface area contributed by atoms with Crippen molar-refractivity contribution >= 4 is 6.03 Å². The van der Waals surface area contributed by atoms with Crippen molar-refractivity contribution in [2.75, 3.05) is 0 Å². The van der Waals surface area contributed by atoms with Crippen LogP contribution in [0.25, 0.3) is 5.84 Å². The van der Waals surface area contributed by atoms with Gasteiger partial charge in [0, 0.05) is 12.1 Å². The number of amides is 2. The van der Waals surface area contributed by atoms with Gasteiger partial charge in [-0.15, -0.1) is 0 Å². The summed E-state index contributed by atoms with van der Waals surface area (Å²) in [5.74, 6) is 7.91. The molecule has 4 nitrogen and oxygen atoms in total. The van der Waals surface area contributed by atoms with Gasteiger partial charge in [0.15, 0.2) is 0 Å². The van der Waals surface area contributed by atoms with E-state index in [0.29, 0.717) is 6.04 Å². The third kappa shape index (κ3) is 4.57. The molecule has 2 fully saturated rings. The summed E-state index contributed by atoms with van der Waals surface area (Å²) < 4.78 is 0. The molecule has 0 atom stereocenters. The van der Waals surface area contributed by atoms with Crippen molar-refractivity contribution in [2.45, 2.75) is 76.3 Å².